The quantitative estimate of drug-likeness (QED) is 0.855. The Morgan fingerprint density at radius 1 is 1.21 bits per heavy atom. The first-order chi connectivity index (χ1) is 11.5. The van der Waals surface area contributed by atoms with Crippen molar-refractivity contribution in [3.63, 3.8) is 0 Å². The van der Waals surface area contributed by atoms with Crippen LogP contribution in [-0.2, 0) is 14.4 Å². The first kappa shape index (κ1) is 15.6. The Kier molecular flexibility index (Phi) is 3.64. The molecule has 4 rings (SSSR count). The summed E-state index contributed by atoms with van der Waals surface area (Å²) in [7, 11) is 0. The van der Waals surface area contributed by atoms with Gasteiger partial charge in [0.25, 0.3) is 0 Å². The molecular formula is C18H19ClN2O3. The number of likely N-dealkylation sites (tertiary alicyclic amines) is 1. The predicted octanol–water partition coefficient (Wildman–Crippen LogP) is 2.62. The SMILES string of the molecule is Cc1c(Cl)cccc1NC(=O)CN1C(=O)[C@H]2[C@@H]3CC[C@H](C3)[C@@H]2C1=O. The lowest BCUT2D eigenvalue weighted by molar-refractivity contribution is -0.143. The van der Waals surface area contributed by atoms with Gasteiger partial charge in [-0.15, -0.1) is 0 Å². The molecule has 1 N–H and O–H groups in total. The molecule has 2 bridgehead atoms. The van der Waals surface area contributed by atoms with Crippen molar-refractivity contribution in [2.45, 2.75) is 26.2 Å². The largest absolute Gasteiger partial charge is 0.324 e. The molecule has 0 aromatic heterocycles. The van der Waals surface area contributed by atoms with Gasteiger partial charge in [-0.1, -0.05) is 17.7 Å². The van der Waals surface area contributed by atoms with Crippen LogP contribution in [0, 0.1) is 30.6 Å². The van der Waals surface area contributed by atoms with Gasteiger partial charge in [0.1, 0.15) is 6.54 Å². The monoisotopic (exact) mass is 346 g/mol. The fourth-order valence-electron chi connectivity index (χ4n) is 4.70. The van der Waals surface area contributed by atoms with E-state index in [2.05, 4.69) is 5.32 Å². The van der Waals surface area contributed by atoms with Crippen molar-refractivity contribution in [3.8, 4) is 0 Å². The number of fused-ring (bicyclic) bond motifs is 5. The fourth-order valence-corrected chi connectivity index (χ4v) is 4.88. The van der Waals surface area contributed by atoms with Crippen LogP contribution in [0.3, 0.4) is 0 Å². The van der Waals surface area contributed by atoms with Crippen LogP contribution in [0.1, 0.15) is 24.8 Å². The molecule has 1 aliphatic heterocycles. The van der Waals surface area contributed by atoms with Gasteiger partial charge in [-0.2, -0.15) is 0 Å². The van der Waals surface area contributed by atoms with Crippen LogP contribution in [-0.4, -0.2) is 29.2 Å². The molecule has 0 radical (unpaired) electrons. The van der Waals surface area contributed by atoms with Crippen molar-refractivity contribution in [3.05, 3.63) is 28.8 Å². The Balaban J connectivity index is 1.47. The Morgan fingerprint density at radius 3 is 2.46 bits per heavy atom. The third kappa shape index (κ3) is 2.25. The van der Waals surface area contributed by atoms with Crippen LogP contribution in [0.2, 0.25) is 5.02 Å². The molecule has 4 atom stereocenters. The van der Waals surface area contributed by atoms with E-state index in [0.717, 1.165) is 29.7 Å². The molecule has 2 saturated carbocycles. The van der Waals surface area contributed by atoms with Crippen LogP contribution >= 0.6 is 11.6 Å². The molecule has 1 aromatic carbocycles. The van der Waals surface area contributed by atoms with E-state index in [1.54, 1.807) is 18.2 Å². The number of benzene rings is 1. The van der Waals surface area contributed by atoms with E-state index in [1.165, 1.54) is 0 Å². The van der Waals surface area contributed by atoms with Gasteiger partial charge in [-0.05, 0) is 55.7 Å². The maximum absolute atomic E-state index is 12.6. The summed E-state index contributed by atoms with van der Waals surface area (Å²) in [5.74, 6) is -0.381. The normalized spacial score (nSPS) is 30.8. The molecule has 5 nitrogen and oxygen atoms in total. The van der Waals surface area contributed by atoms with E-state index in [9.17, 15) is 14.4 Å². The maximum atomic E-state index is 12.6. The summed E-state index contributed by atoms with van der Waals surface area (Å²) < 4.78 is 0. The second kappa shape index (κ2) is 5.59. The summed E-state index contributed by atoms with van der Waals surface area (Å²) >= 11 is 6.05. The average Bonchev–Trinajstić information content (AvgIpc) is 3.22. The second-order valence-electron chi connectivity index (χ2n) is 7.11. The number of hydrogen-bond donors (Lipinski definition) is 1. The number of nitrogens with one attached hydrogen (secondary N) is 1. The lowest BCUT2D eigenvalue weighted by atomic mass is 9.81. The number of nitrogens with zero attached hydrogens (tertiary/aromatic N) is 1. The minimum Gasteiger partial charge on any atom is -0.324 e. The number of halogens is 1. The number of carbonyl (C=O) groups is 3. The topological polar surface area (TPSA) is 66.5 Å². The Bertz CT molecular complexity index is 720. The van der Waals surface area contributed by atoms with Crippen molar-refractivity contribution in [1.29, 1.82) is 0 Å². The van der Waals surface area contributed by atoms with Gasteiger partial charge in [-0.3, -0.25) is 19.3 Å². The van der Waals surface area contributed by atoms with Gasteiger partial charge in [0.2, 0.25) is 17.7 Å². The smallest absolute Gasteiger partial charge is 0.244 e. The highest BCUT2D eigenvalue weighted by Crippen LogP contribution is 2.56. The molecule has 3 aliphatic rings. The number of anilines is 1. The third-order valence-corrected chi connectivity index (χ3v) is 6.27. The molecule has 126 valence electrons. The summed E-state index contributed by atoms with van der Waals surface area (Å²) in [6.45, 7) is 1.60. The summed E-state index contributed by atoms with van der Waals surface area (Å²) in [6.07, 6.45) is 3.06. The molecule has 3 amide bonds. The summed E-state index contributed by atoms with van der Waals surface area (Å²) in [5.41, 5.74) is 1.37. The Morgan fingerprint density at radius 2 is 1.83 bits per heavy atom. The summed E-state index contributed by atoms with van der Waals surface area (Å²) in [4.78, 5) is 38.7. The molecule has 1 aromatic rings. The predicted molar refractivity (Wildman–Crippen MR) is 89.3 cm³/mol. The number of hydrogen-bond acceptors (Lipinski definition) is 3. The zero-order valence-electron chi connectivity index (χ0n) is 13.4. The maximum Gasteiger partial charge on any atom is 0.244 e. The van der Waals surface area contributed by atoms with Crippen LogP contribution in [0.15, 0.2) is 18.2 Å². The molecule has 2 aliphatic carbocycles. The number of rotatable bonds is 3. The van der Waals surface area contributed by atoms with Gasteiger partial charge in [0.05, 0.1) is 11.8 Å². The third-order valence-electron chi connectivity index (χ3n) is 5.86. The standard InChI is InChI=1S/C18H19ClN2O3/c1-9-12(19)3-2-4-13(9)20-14(22)8-21-17(23)15-10-5-6-11(7-10)16(15)18(21)24/h2-4,10-11,15-16H,5-8H2,1H3,(H,20,22)/t10-,11-,15+,16+/m1/s1. The van der Waals surface area contributed by atoms with Crippen LogP contribution in [0.25, 0.3) is 0 Å². The first-order valence-electron chi connectivity index (χ1n) is 8.37. The number of carbonyl (C=O) groups excluding carboxylic acids is 3. The average molecular weight is 347 g/mol. The lowest BCUT2D eigenvalue weighted by Crippen LogP contribution is -2.39. The van der Waals surface area contributed by atoms with Crippen molar-refractivity contribution < 1.29 is 14.4 Å². The van der Waals surface area contributed by atoms with Crippen LogP contribution in [0.4, 0.5) is 5.69 Å². The van der Waals surface area contributed by atoms with Crippen LogP contribution < -0.4 is 5.32 Å². The minimum atomic E-state index is -0.366. The van der Waals surface area contributed by atoms with Gasteiger partial charge in [0, 0.05) is 10.7 Å². The highest BCUT2D eigenvalue weighted by atomic mass is 35.5. The fraction of sp³-hybridized carbons (Fsp3) is 0.500. The number of amides is 3. The van der Waals surface area contributed by atoms with E-state index >= 15 is 0 Å². The van der Waals surface area contributed by atoms with Crippen molar-refractivity contribution in [2.24, 2.45) is 23.7 Å². The van der Waals surface area contributed by atoms with Gasteiger partial charge >= 0.3 is 0 Å². The molecule has 0 spiro atoms. The van der Waals surface area contributed by atoms with Crippen molar-refractivity contribution in [2.75, 3.05) is 11.9 Å². The van der Waals surface area contributed by atoms with Gasteiger partial charge in [-0.25, -0.2) is 0 Å². The lowest BCUT2D eigenvalue weighted by Gasteiger charge is -2.19. The van der Waals surface area contributed by atoms with Crippen molar-refractivity contribution in [1.82, 2.24) is 4.90 Å². The summed E-state index contributed by atoms with van der Waals surface area (Å²) in [6, 6.07) is 5.25. The van der Waals surface area contributed by atoms with Crippen molar-refractivity contribution >= 4 is 35.0 Å². The minimum absolute atomic E-state index is 0.157. The molecule has 1 saturated heterocycles. The van der Waals surface area contributed by atoms with E-state index < -0.39 is 0 Å². The summed E-state index contributed by atoms with van der Waals surface area (Å²) in [5, 5.41) is 3.32. The van der Waals surface area contributed by atoms with Gasteiger partial charge < -0.3 is 5.32 Å². The first-order valence-corrected chi connectivity index (χ1v) is 8.75. The zero-order chi connectivity index (χ0) is 17.0. The van der Waals surface area contributed by atoms with Crippen LogP contribution in [0.5, 0.6) is 0 Å². The second-order valence-corrected chi connectivity index (χ2v) is 7.52. The van der Waals surface area contributed by atoms with Gasteiger partial charge in [0.15, 0.2) is 0 Å². The molecule has 0 unspecified atom stereocenters. The molecular weight excluding hydrogens is 328 g/mol. The Hall–Kier alpha value is -1.88. The van der Waals surface area contributed by atoms with E-state index in [0.29, 0.717) is 22.5 Å². The highest BCUT2D eigenvalue weighted by molar-refractivity contribution is 6.31. The number of imide groups is 1. The van der Waals surface area contributed by atoms with E-state index in [1.807, 2.05) is 6.92 Å². The zero-order valence-corrected chi connectivity index (χ0v) is 14.2. The molecule has 3 fully saturated rings. The van der Waals surface area contributed by atoms with E-state index in [-0.39, 0.29) is 36.1 Å². The highest BCUT2D eigenvalue weighted by Gasteiger charge is 2.60. The van der Waals surface area contributed by atoms with E-state index in [4.69, 9.17) is 11.6 Å². The Labute approximate surface area is 145 Å². The molecule has 1 heterocycles. The molecule has 24 heavy (non-hydrogen) atoms. The molecule has 6 heteroatoms.